The third-order valence-corrected chi connectivity index (χ3v) is 3.13. The molecule has 1 nitrogen and oxygen atoms in total. The standard InChI is InChI=1S/C12H17N.C2H6/c1-12(8-9-13(2)10-12)11-6-4-3-5-7-11;1-2/h3-7H,8-10H2,1-2H3;1-2H3. The highest BCUT2D eigenvalue weighted by Gasteiger charge is 2.33. The van der Waals surface area contributed by atoms with Crippen molar-refractivity contribution in [3.8, 4) is 0 Å². The van der Waals surface area contributed by atoms with Gasteiger partial charge in [-0.2, -0.15) is 0 Å². The maximum Gasteiger partial charge on any atom is 0.00734 e. The minimum atomic E-state index is 0.385. The molecule has 0 aliphatic carbocycles. The average molecular weight is 205 g/mol. The molecule has 1 saturated heterocycles. The lowest BCUT2D eigenvalue weighted by Crippen LogP contribution is -2.25. The summed E-state index contributed by atoms with van der Waals surface area (Å²) in [5.41, 5.74) is 1.87. The molecule has 0 spiro atoms. The SMILES string of the molecule is CC.CN1CCC(C)(c2ccccc2)C1. The molecule has 0 N–H and O–H groups in total. The van der Waals surface area contributed by atoms with Gasteiger partial charge in [0.05, 0.1) is 0 Å². The van der Waals surface area contributed by atoms with Gasteiger partial charge < -0.3 is 4.90 Å². The smallest absolute Gasteiger partial charge is 0.00734 e. The largest absolute Gasteiger partial charge is 0.305 e. The molecule has 0 radical (unpaired) electrons. The molecule has 1 unspecified atom stereocenters. The normalized spacial score (nSPS) is 25.9. The fraction of sp³-hybridized carbons (Fsp3) is 0.571. The summed E-state index contributed by atoms with van der Waals surface area (Å²) in [5, 5.41) is 0. The predicted octanol–water partition coefficient (Wildman–Crippen LogP) is 3.31. The molecular weight excluding hydrogens is 182 g/mol. The molecule has 1 aromatic rings. The van der Waals surface area contributed by atoms with Crippen LogP contribution in [0, 0.1) is 0 Å². The van der Waals surface area contributed by atoms with Crippen molar-refractivity contribution in [3.63, 3.8) is 0 Å². The van der Waals surface area contributed by atoms with Gasteiger partial charge >= 0.3 is 0 Å². The van der Waals surface area contributed by atoms with Gasteiger partial charge in [0, 0.05) is 12.0 Å². The number of likely N-dealkylation sites (tertiary alicyclic amines) is 1. The van der Waals surface area contributed by atoms with Gasteiger partial charge in [0.2, 0.25) is 0 Å². The molecule has 1 heterocycles. The molecule has 0 aromatic heterocycles. The van der Waals surface area contributed by atoms with E-state index in [0.717, 1.165) is 0 Å². The van der Waals surface area contributed by atoms with E-state index < -0.39 is 0 Å². The molecule has 2 rings (SSSR count). The summed E-state index contributed by atoms with van der Waals surface area (Å²) in [6.07, 6.45) is 1.29. The summed E-state index contributed by atoms with van der Waals surface area (Å²) >= 11 is 0. The molecule has 0 amide bonds. The third-order valence-electron chi connectivity index (χ3n) is 3.13. The molecule has 1 heteroatoms. The summed E-state index contributed by atoms with van der Waals surface area (Å²) in [5.74, 6) is 0. The third kappa shape index (κ3) is 2.82. The predicted molar refractivity (Wildman–Crippen MR) is 67.3 cm³/mol. The first-order valence-electron chi connectivity index (χ1n) is 5.95. The Morgan fingerprint density at radius 1 is 1.13 bits per heavy atom. The molecular formula is C14H23N. The van der Waals surface area contributed by atoms with Crippen LogP contribution in [0.15, 0.2) is 30.3 Å². The fourth-order valence-electron chi connectivity index (χ4n) is 2.27. The van der Waals surface area contributed by atoms with Crippen molar-refractivity contribution in [2.75, 3.05) is 20.1 Å². The summed E-state index contributed by atoms with van der Waals surface area (Å²) in [7, 11) is 2.20. The van der Waals surface area contributed by atoms with Crippen LogP contribution in [0.5, 0.6) is 0 Å². The fourth-order valence-corrected chi connectivity index (χ4v) is 2.27. The van der Waals surface area contributed by atoms with Crippen molar-refractivity contribution in [3.05, 3.63) is 35.9 Å². The quantitative estimate of drug-likeness (QED) is 0.680. The van der Waals surface area contributed by atoms with Crippen LogP contribution in [0.2, 0.25) is 0 Å². The van der Waals surface area contributed by atoms with Crippen molar-refractivity contribution in [1.29, 1.82) is 0 Å². The molecule has 1 aromatic carbocycles. The first-order chi connectivity index (χ1) is 7.21. The molecule has 0 bridgehead atoms. The molecule has 15 heavy (non-hydrogen) atoms. The topological polar surface area (TPSA) is 3.24 Å². The molecule has 0 saturated carbocycles. The highest BCUT2D eigenvalue weighted by atomic mass is 15.1. The highest BCUT2D eigenvalue weighted by Crippen LogP contribution is 2.32. The van der Waals surface area contributed by atoms with Crippen LogP contribution in [-0.2, 0) is 5.41 Å². The first kappa shape index (κ1) is 12.3. The Hall–Kier alpha value is -0.820. The van der Waals surface area contributed by atoms with Gasteiger partial charge in [-0.1, -0.05) is 51.1 Å². The molecule has 1 aliphatic heterocycles. The van der Waals surface area contributed by atoms with Crippen LogP contribution in [0.4, 0.5) is 0 Å². The van der Waals surface area contributed by atoms with Crippen LogP contribution >= 0.6 is 0 Å². The molecule has 1 atom stereocenters. The van der Waals surface area contributed by atoms with E-state index in [1.807, 2.05) is 13.8 Å². The van der Waals surface area contributed by atoms with Crippen molar-refractivity contribution in [2.45, 2.75) is 32.6 Å². The minimum absolute atomic E-state index is 0.385. The lowest BCUT2D eigenvalue weighted by molar-refractivity contribution is 0.381. The lowest BCUT2D eigenvalue weighted by Gasteiger charge is -2.24. The highest BCUT2D eigenvalue weighted by molar-refractivity contribution is 5.26. The zero-order valence-corrected chi connectivity index (χ0v) is 10.5. The van der Waals surface area contributed by atoms with Gasteiger partial charge in [0.1, 0.15) is 0 Å². The zero-order valence-electron chi connectivity index (χ0n) is 10.5. The maximum absolute atomic E-state index is 2.41. The number of nitrogens with zero attached hydrogens (tertiary/aromatic N) is 1. The van der Waals surface area contributed by atoms with Crippen LogP contribution in [-0.4, -0.2) is 25.0 Å². The molecule has 1 aliphatic rings. The van der Waals surface area contributed by atoms with Crippen molar-refractivity contribution in [1.82, 2.24) is 4.90 Å². The van der Waals surface area contributed by atoms with Gasteiger partial charge in [-0.15, -0.1) is 0 Å². The van der Waals surface area contributed by atoms with Gasteiger partial charge in [0.15, 0.2) is 0 Å². The Balaban J connectivity index is 0.000000531. The van der Waals surface area contributed by atoms with E-state index in [-0.39, 0.29) is 0 Å². The van der Waals surface area contributed by atoms with E-state index in [9.17, 15) is 0 Å². The molecule has 84 valence electrons. The van der Waals surface area contributed by atoms with Crippen LogP contribution in [0.1, 0.15) is 32.8 Å². The van der Waals surface area contributed by atoms with E-state index in [4.69, 9.17) is 0 Å². The second kappa shape index (κ2) is 5.32. The second-order valence-corrected chi connectivity index (χ2v) is 4.41. The number of benzene rings is 1. The van der Waals surface area contributed by atoms with E-state index in [2.05, 4.69) is 49.2 Å². The Kier molecular flexibility index (Phi) is 4.34. The van der Waals surface area contributed by atoms with Gasteiger partial charge in [-0.3, -0.25) is 0 Å². The summed E-state index contributed by atoms with van der Waals surface area (Å²) < 4.78 is 0. The molecule has 1 fully saturated rings. The van der Waals surface area contributed by atoms with Crippen molar-refractivity contribution < 1.29 is 0 Å². The van der Waals surface area contributed by atoms with Gasteiger partial charge in [-0.05, 0) is 25.6 Å². The minimum Gasteiger partial charge on any atom is -0.305 e. The average Bonchev–Trinajstić information content (AvgIpc) is 2.64. The number of hydrogen-bond donors (Lipinski definition) is 0. The van der Waals surface area contributed by atoms with Crippen LogP contribution in [0.3, 0.4) is 0 Å². The number of rotatable bonds is 1. The maximum atomic E-state index is 2.41. The monoisotopic (exact) mass is 205 g/mol. The van der Waals surface area contributed by atoms with E-state index in [1.165, 1.54) is 25.1 Å². The Labute approximate surface area is 94.1 Å². The van der Waals surface area contributed by atoms with Crippen molar-refractivity contribution in [2.24, 2.45) is 0 Å². The second-order valence-electron chi connectivity index (χ2n) is 4.41. The van der Waals surface area contributed by atoms with Gasteiger partial charge in [-0.25, -0.2) is 0 Å². The summed E-state index contributed by atoms with van der Waals surface area (Å²) in [6, 6.07) is 10.9. The van der Waals surface area contributed by atoms with Crippen molar-refractivity contribution >= 4 is 0 Å². The zero-order chi connectivity index (χ0) is 11.3. The van der Waals surface area contributed by atoms with Crippen LogP contribution in [0.25, 0.3) is 0 Å². The first-order valence-corrected chi connectivity index (χ1v) is 5.95. The Bertz CT molecular complexity index is 281. The Morgan fingerprint density at radius 3 is 2.20 bits per heavy atom. The van der Waals surface area contributed by atoms with E-state index >= 15 is 0 Å². The summed E-state index contributed by atoms with van der Waals surface area (Å²) in [6.45, 7) is 8.79. The number of likely N-dealkylation sites (N-methyl/N-ethyl adjacent to an activating group) is 1. The number of hydrogen-bond acceptors (Lipinski definition) is 1. The van der Waals surface area contributed by atoms with E-state index in [0.29, 0.717) is 5.41 Å². The Morgan fingerprint density at radius 2 is 1.73 bits per heavy atom. The van der Waals surface area contributed by atoms with E-state index in [1.54, 1.807) is 0 Å². The summed E-state index contributed by atoms with van der Waals surface area (Å²) in [4.78, 5) is 2.41. The lowest BCUT2D eigenvalue weighted by atomic mass is 9.82. The van der Waals surface area contributed by atoms with Crippen LogP contribution < -0.4 is 0 Å². The van der Waals surface area contributed by atoms with Gasteiger partial charge in [0.25, 0.3) is 0 Å².